The van der Waals surface area contributed by atoms with Gasteiger partial charge in [-0.2, -0.15) is 0 Å². The van der Waals surface area contributed by atoms with Crippen LogP contribution in [0.15, 0.2) is 65.5 Å². The average molecular weight is 332 g/mol. The molecule has 0 spiro atoms. The summed E-state index contributed by atoms with van der Waals surface area (Å²) in [6.07, 6.45) is 6.17. The van der Waals surface area contributed by atoms with Gasteiger partial charge in [0, 0.05) is 12.3 Å². The first kappa shape index (κ1) is 16.4. The van der Waals surface area contributed by atoms with Crippen LogP contribution in [0.25, 0.3) is 29.3 Å². The molecule has 0 N–H and O–H groups in total. The number of benzene rings is 2. The maximum absolute atomic E-state index is 12.7. The summed E-state index contributed by atoms with van der Waals surface area (Å²) < 4.78 is 5.92. The monoisotopic (exact) mass is 332 g/mol. The molecule has 2 aromatic carbocycles. The van der Waals surface area contributed by atoms with Crippen molar-refractivity contribution in [3.05, 3.63) is 82.4 Å². The Hall–Kier alpha value is -3.47. The molecule has 25 heavy (non-hydrogen) atoms. The van der Waals surface area contributed by atoms with E-state index in [4.69, 9.17) is 0 Å². The van der Waals surface area contributed by atoms with Gasteiger partial charge in [0.05, 0.1) is 18.0 Å². The largest absolute Gasteiger partial charge is 0.466 e. The Labute approximate surface area is 144 Å². The molecule has 0 aliphatic carbocycles. The van der Waals surface area contributed by atoms with Gasteiger partial charge in [-0.05, 0) is 23.8 Å². The minimum absolute atomic E-state index is 0.251. The lowest BCUT2D eigenvalue weighted by molar-refractivity contribution is -0.134. The van der Waals surface area contributed by atoms with Gasteiger partial charge in [0.2, 0.25) is 0 Å². The number of carbonyl (C=O) groups excluding carboxylic acids is 1. The highest BCUT2D eigenvalue weighted by atomic mass is 16.5. The predicted molar refractivity (Wildman–Crippen MR) is 98.7 cm³/mol. The van der Waals surface area contributed by atoms with E-state index < -0.39 is 5.97 Å². The van der Waals surface area contributed by atoms with Crippen LogP contribution in [0.2, 0.25) is 0 Å². The van der Waals surface area contributed by atoms with Gasteiger partial charge in [-0.15, -0.1) is 0 Å². The molecule has 0 amide bonds. The van der Waals surface area contributed by atoms with Crippen LogP contribution in [-0.2, 0) is 9.53 Å². The number of ether oxygens (including phenoxy) is 1. The fourth-order valence-electron chi connectivity index (χ4n) is 2.36. The number of hydrogen-bond donors (Lipinski definition) is 0. The molecular weight excluding hydrogens is 316 g/mol. The summed E-state index contributed by atoms with van der Waals surface area (Å²) in [6.45, 7) is 0. The number of esters is 1. The molecule has 1 heterocycles. The van der Waals surface area contributed by atoms with Gasteiger partial charge in [0.15, 0.2) is 0 Å². The van der Waals surface area contributed by atoms with Gasteiger partial charge in [0.25, 0.3) is 5.56 Å². The molecule has 0 saturated carbocycles. The summed E-state index contributed by atoms with van der Waals surface area (Å²) in [5, 5.41) is 0.480. The lowest BCUT2D eigenvalue weighted by atomic mass is 10.2. The number of nitrogens with zero attached hydrogens (tertiary/aromatic N) is 2. The van der Waals surface area contributed by atoms with Crippen molar-refractivity contribution in [1.82, 2.24) is 9.55 Å². The van der Waals surface area contributed by atoms with Crippen LogP contribution in [0, 0.1) is 0 Å². The van der Waals surface area contributed by atoms with E-state index in [1.54, 1.807) is 24.3 Å². The predicted octanol–water partition coefficient (Wildman–Crippen LogP) is 3.21. The maximum atomic E-state index is 12.7. The summed E-state index contributed by atoms with van der Waals surface area (Å²) >= 11 is 0. The van der Waals surface area contributed by atoms with E-state index in [-0.39, 0.29) is 5.56 Å². The van der Waals surface area contributed by atoms with Crippen LogP contribution >= 0.6 is 0 Å². The van der Waals surface area contributed by atoms with E-state index >= 15 is 0 Å². The smallest absolute Gasteiger partial charge is 0.331 e. The highest BCUT2D eigenvalue weighted by Gasteiger charge is 2.07. The molecule has 0 unspecified atom stereocenters. The zero-order valence-electron chi connectivity index (χ0n) is 13.6. The first-order chi connectivity index (χ1) is 12.2. The molecule has 0 fully saturated rings. The number of carbonyl (C=O) groups is 1. The molecule has 0 bridgehead atoms. The summed E-state index contributed by atoms with van der Waals surface area (Å²) in [6, 6.07) is 16.8. The van der Waals surface area contributed by atoms with Crippen molar-refractivity contribution in [2.45, 2.75) is 0 Å². The van der Waals surface area contributed by atoms with Crippen molar-refractivity contribution in [3.63, 3.8) is 0 Å². The van der Waals surface area contributed by atoms with Crippen LogP contribution in [0.5, 0.6) is 0 Å². The first-order valence-electron chi connectivity index (χ1n) is 7.69. The third-order valence-corrected chi connectivity index (χ3v) is 3.62. The second kappa shape index (κ2) is 7.40. The minimum Gasteiger partial charge on any atom is -0.466 e. The SMILES string of the molecule is COC(=O)/C=C/n1c(/C=C/c2ccccc2)nc2ccccc2c1=O. The van der Waals surface area contributed by atoms with Crippen LogP contribution in [0.4, 0.5) is 0 Å². The molecule has 124 valence electrons. The van der Waals surface area contributed by atoms with Crippen molar-refractivity contribution >= 4 is 35.2 Å². The Bertz CT molecular complexity index is 1020. The molecule has 0 atom stereocenters. The van der Waals surface area contributed by atoms with Gasteiger partial charge in [-0.25, -0.2) is 9.78 Å². The summed E-state index contributed by atoms with van der Waals surface area (Å²) in [5.74, 6) is -0.120. The van der Waals surface area contributed by atoms with E-state index in [0.717, 1.165) is 5.56 Å². The highest BCUT2D eigenvalue weighted by molar-refractivity contribution is 5.86. The number of fused-ring (bicyclic) bond motifs is 1. The number of hydrogen-bond acceptors (Lipinski definition) is 4. The highest BCUT2D eigenvalue weighted by Crippen LogP contribution is 2.11. The van der Waals surface area contributed by atoms with Crippen molar-refractivity contribution in [1.29, 1.82) is 0 Å². The Morgan fingerprint density at radius 1 is 1.04 bits per heavy atom. The average Bonchev–Trinajstić information content (AvgIpc) is 2.66. The van der Waals surface area contributed by atoms with Crippen molar-refractivity contribution in [2.24, 2.45) is 0 Å². The fraction of sp³-hybridized carbons (Fsp3) is 0.0500. The zero-order valence-corrected chi connectivity index (χ0v) is 13.6. The quantitative estimate of drug-likeness (QED) is 0.544. The van der Waals surface area contributed by atoms with Crippen molar-refractivity contribution in [3.8, 4) is 0 Å². The summed E-state index contributed by atoms with van der Waals surface area (Å²) in [5.41, 5.74) is 1.33. The Morgan fingerprint density at radius 3 is 2.52 bits per heavy atom. The van der Waals surface area contributed by atoms with Crippen LogP contribution in [0.1, 0.15) is 11.4 Å². The molecule has 0 aliphatic rings. The Balaban J connectivity index is 2.14. The van der Waals surface area contributed by atoms with Gasteiger partial charge < -0.3 is 4.74 Å². The van der Waals surface area contributed by atoms with Crippen molar-refractivity contribution < 1.29 is 9.53 Å². The molecule has 5 heteroatoms. The first-order valence-corrected chi connectivity index (χ1v) is 7.69. The maximum Gasteiger partial charge on any atom is 0.331 e. The number of methoxy groups -OCH3 is 1. The molecule has 1 aromatic heterocycles. The van der Waals surface area contributed by atoms with Gasteiger partial charge in [-0.3, -0.25) is 9.36 Å². The zero-order chi connectivity index (χ0) is 17.6. The summed E-state index contributed by atoms with van der Waals surface area (Å²) in [7, 11) is 1.28. The fourth-order valence-corrected chi connectivity index (χ4v) is 2.36. The molecule has 0 saturated heterocycles. The molecule has 0 aliphatic heterocycles. The number of para-hydroxylation sites is 1. The molecular formula is C20H16N2O3. The van der Waals surface area contributed by atoms with E-state index in [0.29, 0.717) is 16.7 Å². The topological polar surface area (TPSA) is 61.2 Å². The van der Waals surface area contributed by atoms with Gasteiger partial charge in [-0.1, -0.05) is 48.5 Å². The third kappa shape index (κ3) is 3.72. The summed E-state index contributed by atoms with van der Waals surface area (Å²) in [4.78, 5) is 28.7. The molecule has 5 nitrogen and oxygen atoms in total. The Kier molecular flexibility index (Phi) is 4.85. The van der Waals surface area contributed by atoms with Gasteiger partial charge in [0.1, 0.15) is 5.82 Å². The van der Waals surface area contributed by atoms with E-state index in [9.17, 15) is 9.59 Å². The second-order valence-corrected chi connectivity index (χ2v) is 5.25. The van der Waals surface area contributed by atoms with E-state index in [1.807, 2.05) is 42.5 Å². The van der Waals surface area contributed by atoms with Crippen LogP contribution in [-0.4, -0.2) is 22.6 Å². The van der Waals surface area contributed by atoms with E-state index in [2.05, 4.69) is 9.72 Å². The minimum atomic E-state index is -0.543. The lowest BCUT2D eigenvalue weighted by Gasteiger charge is -2.06. The second-order valence-electron chi connectivity index (χ2n) is 5.25. The number of rotatable bonds is 4. The van der Waals surface area contributed by atoms with Gasteiger partial charge >= 0.3 is 5.97 Å². The number of aromatic nitrogens is 2. The molecule has 0 radical (unpaired) electrons. The Morgan fingerprint density at radius 2 is 1.76 bits per heavy atom. The molecule has 3 rings (SSSR count). The molecule has 3 aromatic rings. The normalized spacial score (nSPS) is 11.4. The lowest BCUT2D eigenvalue weighted by Crippen LogP contribution is -2.20. The third-order valence-electron chi connectivity index (χ3n) is 3.62. The van der Waals surface area contributed by atoms with Crippen molar-refractivity contribution in [2.75, 3.05) is 7.11 Å². The standard InChI is InChI=1S/C20H16N2O3/c1-25-19(23)13-14-22-18(12-11-15-7-3-2-4-8-15)21-17-10-6-5-9-16(17)20(22)24/h2-14H,1H3/b12-11+,14-13+. The van der Waals surface area contributed by atoms with Crippen LogP contribution in [0.3, 0.4) is 0 Å². The van der Waals surface area contributed by atoms with Crippen LogP contribution < -0.4 is 5.56 Å². The van der Waals surface area contributed by atoms with E-state index in [1.165, 1.54) is 24.0 Å².